The molecule has 2 saturated carbocycles. The number of sulfonamides is 1. The van der Waals surface area contributed by atoms with Crippen LogP contribution < -0.4 is 5.14 Å². The van der Waals surface area contributed by atoms with Gasteiger partial charge >= 0.3 is 0 Å². The fourth-order valence-electron chi connectivity index (χ4n) is 4.18. The SMILES string of the molecule is CC1(C)CCC(OCCO)C1.CC1(C)CCC(OCCn2ccc(S(N)(=O)=O)n2)C1. The zero-order chi connectivity index (χ0) is 22.4. The monoisotopic (exact) mass is 445 g/mol. The highest BCUT2D eigenvalue weighted by Crippen LogP contribution is 2.39. The molecule has 0 saturated heterocycles. The number of hydrogen-bond acceptors (Lipinski definition) is 6. The average molecular weight is 446 g/mol. The second-order valence-corrected chi connectivity index (χ2v) is 11.5. The lowest BCUT2D eigenvalue weighted by Crippen LogP contribution is -2.17. The summed E-state index contributed by atoms with van der Waals surface area (Å²) in [7, 11) is -3.71. The molecule has 1 aromatic heterocycles. The van der Waals surface area contributed by atoms with Crippen molar-refractivity contribution in [3.8, 4) is 0 Å². The molecule has 3 rings (SSSR count). The zero-order valence-electron chi connectivity index (χ0n) is 18.8. The van der Waals surface area contributed by atoms with Crippen LogP contribution in [-0.2, 0) is 26.0 Å². The van der Waals surface area contributed by atoms with Crippen LogP contribution in [0.25, 0.3) is 0 Å². The maximum Gasteiger partial charge on any atom is 0.257 e. The minimum Gasteiger partial charge on any atom is -0.394 e. The summed E-state index contributed by atoms with van der Waals surface area (Å²) in [6.07, 6.45) is 9.23. The highest BCUT2D eigenvalue weighted by Gasteiger charge is 2.32. The van der Waals surface area contributed by atoms with Crippen molar-refractivity contribution in [1.82, 2.24) is 9.78 Å². The molecule has 2 atom stereocenters. The van der Waals surface area contributed by atoms with Gasteiger partial charge in [-0.2, -0.15) is 5.10 Å². The zero-order valence-corrected chi connectivity index (χ0v) is 19.7. The third-order valence-corrected chi connectivity index (χ3v) is 6.67. The minimum atomic E-state index is -3.71. The summed E-state index contributed by atoms with van der Waals surface area (Å²) in [5.74, 6) is 0. The fraction of sp³-hybridized carbons (Fsp3) is 0.857. The van der Waals surface area contributed by atoms with E-state index < -0.39 is 10.0 Å². The third-order valence-electron chi connectivity index (χ3n) is 5.87. The molecule has 2 fully saturated rings. The Labute approximate surface area is 181 Å². The van der Waals surface area contributed by atoms with Crippen molar-refractivity contribution in [3.63, 3.8) is 0 Å². The number of hydrogen-bond donors (Lipinski definition) is 2. The van der Waals surface area contributed by atoms with Gasteiger partial charge in [-0.3, -0.25) is 4.68 Å². The van der Waals surface area contributed by atoms with Gasteiger partial charge in [0.25, 0.3) is 10.0 Å². The van der Waals surface area contributed by atoms with E-state index in [1.54, 1.807) is 10.9 Å². The number of ether oxygens (including phenoxy) is 2. The first-order valence-electron chi connectivity index (χ1n) is 10.8. The molecule has 0 spiro atoms. The molecule has 9 heteroatoms. The Kier molecular flexibility index (Phi) is 8.88. The molecule has 0 amide bonds. The predicted octanol–water partition coefficient (Wildman–Crippen LogP) is 2.70. The molecular weight excluding hydrogens is 406 g/mol. The van der Waals surface area contributed by atoms with Crippen LogP contribution in [0.3, 0.4) is 0 Å². The van der Waals surface area contributed by atoms with E-state index in [1.165, 1.54) is 18.9 Å². The third kappa shape index (κ3) is 8.63. The lowest BCUT2D eigenvalue weighted by atomic mass is 9.92. The van der Waals surface area contributed by atoms with Gasteiger partial charge in [0.15, 0.2) is 5.03 Å². The van der Waals surface area contributed by atoms with E-state index >= 15 is 0 Å². The van der Waals surface area contributed by atoms with Crippen molar-refractivity contribution in [2.75, 3.05) is 19.8 Å². The number of aliphatic hydroxyl groups is 1. The van der Waals surface area contributed by atoms with Crippen LogP contribution in [0.4, 0.5) is 0 Å². The number of nitrogens with zero attached hydrogens (tertiary/aromatic N) is 2. The van der Waals surface area contributed by atoms with E-state index in [9.17, 15) is 8.42 Å². The van der Waals surface area contributed by atoms with Gasteiger partial charge in [-0.15, -0.1) is 0 Å². The summed E-state index contributed by atoms with van der Waals surface area (Å²) >= 11 is 0. The van der Waals surface area contributed by atoms with Gasteiger partial charge in [0, 0.05) is 6.20 Å². The molecular formula is C21H39N3O5S. The molecule has 0 bridgehead atoms. The van der Waals surface area contributed by atoms with Crippen molar-refractivity contribution in [1.29, 1.82) is 0 Å². The van der Waals surface area contributed by atoms with Crippen molar-refractivity contribution in [2.24, 2.45) is 16.0 Å². The van der Waals surface area contributed by atoms with Gasteiger partial charge in [0.05, 0.1) is 38.6 Å². The molecule has 3 N–H and O–H groups in total. The molecule has 0 aliphatic heterocycles. The molecule has 2 unspecified atom stereocenters. The number of rotatable bonds is 8. The van der Waals surface area contributed by atoms with Crippen LogP contribution in [0.2, 0.25) is 0 Å². The smallest absolute Gasteiger partial charge is 0.257 e. The van der Waals surface area contributed by atoms with E-state index in [2.05, 4.69) is 32.8 Å². The molecule has 1 heterocycles. The van der Waals surface area contributed by atoms with Crippen molar-refractivity contribution in [3.05, 3.63) is 12.3 Å². The van der Waals surface area contributed by atoms with Gasteiger partial charge in [0.2, 0.25) is 0 Å². The number of aliphatic hydroxyl groups excluding tert-OH is 1. The van der Waals surface area contributed by atoms with Crippen molar-refractivity contribution < 1.29 is 23.0 Å². The first-order chi connectivity index (χ1) is 13.9. The summed E-state index contributed by atoms with van der Waals surface area (Å²) in [6.45, 7) is 10.8. The fourth-order valence-corrected chi connectivity index (χ4v) is 4.65. The largest absolute Gasteiger partial charge is 0.394 e. The molecule has 174 valence electrons. The highest BCUT2D eigenvalue weighted by atomic mass is 32.2. The highest BCUT2D eigenvalue weighted by molar-refractivity contribution is 7.89. The van der Waals surface area contributed by atoms with Gasteiger partial charge in [-0.05, 0) is 55.4 Å². The van der Waals surface area contributed by atoms with Crippen molar-refractivity contribution in [2.45, 2.75) is 90.0 Å². The number of aromatic nitrogens is 2. The quantitative estimate of drug-likeness (QED) is 0.635. The lowest BCUT2D eigenvalue weighted by Gasteiger charge is -2.17. The summed E-state index contributed by atoms with van der Waals surface area (Å²) in [5.41, 5.74) is 0.831. The van der Waals surface area contributed by atoms with Crippen LogP contribution in [0, 0.1) is 10.8 Å². The Morgan fingerprint density at radius 1 is 1.10 bits per heavy atom. The summed E-state index contributed by atoms with van der Waals surface area (Å²) in [6, 6.07) is 1.40. The molecule has 0 radical (unpaired) electrons. The first kappa shape index (κ1) is 25.3. The maximum absolute atomic E-state index is 11.1. The van der Waals surface area contributed by atoms with Crippen LogP contribution >= 0.6 is 0 Å². The van der Waals surface area contributed by atoms with Gasteiger partial charge in [0.1, 0.15) is 0 Å². The van der Waals surface area contributed by atoms with Gasteiger partial charge in [-0.25, -0.2) is 13.6 Å². The van der Waals surface area contributed by atoms with Crippen LogP contribution in [0.5, 0.6) is 0 Å². The second kappa shape index (κ2) is 10.5. The van der Waals surface area contributed by atoms with Gasteiger partial charge < -0.3 is 14.6 Å². The Morgan fingerprint density at radius 2 is 1.63 bits per heavy atom. The number of nitrogens with two attached hydrogens (primary N) is 1. The molecule has 2 aliphatic rings. The Hall–Kier alpha value is -1.00. The average Bonchev–Trinajstić information content (AvgIpc) is 3.32. The summed E-state index contributed by atoms with van der Waals surface area (Å²) in [4.78, 5) is 0. The van der Waals surface area contributed by atoms with Crippen LogP contribution in [0.1, 0.15) is 66.2 Å². The van der Waals surface area contributed by atoms with E-state index in [0.717, 1.165) is 25.7 Å². The van der Waals surface area contributed by atoms with Crippen LogP contribution in [-0.4, -0.2) is 55.3 Å². The predicted molar refractivity (Wildman–Crippen MR) is 115 cm³/mol. The maximum atomic E-state index is 11.1. The normalized spacial score (nSPS) is 25.1. The van der Waals surface area contributed by atoms with Crippen molar-refractivity contribution >= 4 is 10.0 Å². The van der Waals surface area contributed by atoms with E-state index in [-0.39, 0.29) is 11.6 Å². The Morgan fingerprint density at radius 3 is 2.03 bits per heavy atom. The summed E-state index contributed by atoms with van der Waals surface area (Å²) < 4.78 is 34.9. The minimum absolute atomic E-state index is 0.102. The molecule has 2 aliphatic carbocycles. The lowest BCUT2D eigenvalue weighted by molar-refractivity contribution is 0.0277. The standard InChI is InChI=1S/C12H21N3O3S.C9H18O2/c1-12(2)5-3-10(9-12)18-8-7-15-6-4-11(14-15)19(13,16)17;1-9(2)4-3-8(7-9)11-6-5-10/h4,6,10H,3,5,7-9H2,1-2H3,(H2,13,16,17);8,10H,3-7H2,1-2H3. The topological polar surface area (TPSA) is 117 Å². The Balaban J connectivity index is 0.000000248. The second-order valence-electron chi connectivity index (χ2n) is 9.99. The van der Waals surface area contributed by atoms with E-state index in [1.807, 2.05) is 0 Å². The first-order valence-corrected chi connectivity index (χ1v) is 12.4. The molecule has 1 aromatic rings. The van der Waals surface area contributed by atoms with E-state index in [4.69, 9.17) is 19.7 Å². The molecule has 8 nitrogen and oxygen atoms in total. The number of primary sulfonamides is 1. The van der Waals surface area contributed by atoms with Gasteiger partial charge in [-0.1, -0.05) is 27.7 Å². The summed E-state index contributed by atoms with van der Waals surface area (Å²) in [5, 5.41) is 17.3. The Bertz CT molecular complexity index is 760. The molecule has 30 heavy (non-hydrogen) atoms. The van der Waals surface area contributed by atoms with E-state index in [0.29, 0.717) is 42.8 Å². The molecule has 0 aromatic carbocycles. The van der Waals surface area contributed by atoms with Crippen LogP contribution in [0.15, 0.2) is 17.3 Å².